The molecule has 0 saturated carbocycles. The molecule has 0 spiro atoms. The van der Waals surface area contributed by atoms with Gasteiger partial charge in [-0.3, -0.25) is 4.55 Å². The second-order valence-electron chi connectivity index (χ2n) is 5.97. The molecule has 0 unspecified atom stereocenters. The van der Waals surface area contributed by atoms with Gasteiger partial charge in [0.25, 0.3) is 10.1 Å². The van der Waals surface area contributed by atoms with Crippen molar-refractivity contribution in [3.63, 3.8) is 0 Å². The number of para-hydroxylation sites is 1. The van der Waals surface area contributed by atoms with Gasteiger partial charge in [0.15, 0.2) is 0 Å². The smallest absolute Gasteiger partial charge is 0.869 e. The van der Waals surface area contributed by atoms with Crippen LogP contribution in [0.1, 0.15) is 44.6 Å². The number of benzene rings is 2. The van der Waals surface area contributed by atoms with Crippen LogP contribution < -0.4 is 61.2 Å². The summed E-state index contributed by atoms with van der Waals surface area (Å²) in [5.74, 6) is -0.549. The maximum atomic E-state index is 12.1. The van der Waals surface area contributed by atoms with E-state index >= 15 is 0 Å². The number of rotatable bonds is 9. The monoisotopic (exact) mass is 402 g/mol. The molecule has 1 N–H and O–H groups in total. The van der Waals surface area contributed by atoms with Crippen molar-refractivity contribution in [1.29, 1.82) is 0 Å². The van der Waals surface area contributed by atoms with E-state index in [1.54, 1.807) is 12.1 Å². The summed E-state index contributed by atoms with van der Waals surface area (Å²) in [6, 6.07) is 11.1. The van der Waals surface area contributed by atoms with Crippen LogP contribution in [0.25, 0.3) is 0 Å². The van der Waals surface area contributed by atoms with Gasteiger partial charge in [0, 0.05) is 0 Å². The van der Waals surface area contributed by atoms with Crippen molar-refractivity contribution in [2.75, 3.05) is 0 Å². The molecule has 0 saturated heterocycles. The molecule has 0 radical (unpaired) electrons. The van der Waals surface area contributed by atoms with Gasteiger partial charge in [0.1, 0.15) is 11.5 Å². The van der Waals surface area contributed by atoms with Crippen LogP contribution in [0.5, 0.6) is 17.2 Å². The molecular weight excluding hydrogens is 379 g/mol. The van der Waals surface area contributed by atoms with Gasteiger partial charge in [-0.2, -0.15) is 8.42 Å². The minimum absolute atomic E-state index is 0. The quantitative estimate of drug-likeness (QED) is 0.388. The molecule has 7 heteroatoms. The SMILES string of the molecule is CCCCCCCc1ccc(Oc2cccc(S(=O)(=O)O)c2[O-])cc1.[K+]. The average Bonchev–Trinajstić information content (AvgIpc) is 2.57. The molecule has 0 heterocycles. The molecule has 0 bridgehead atoms. The van der Waals surface area contributed by atoms with E-state index in [9.17, 15) is 13.5 Å². The summed E-state index contributed by atoms with van der Waals surface area (Å²) in [4.78, 5) is -0.686. The summed E-state index contributed by atoms with van der Waals surface area (Å²) >= 11 is 0. The zero-order valence-corrected chi connectivity index (χ0v) is 19.2. The second-order valence-corrected chi connectivity index (χ2v) is 7.36. The van der Waals surface area contributed by atoms with Crippen LogP contribution in [0.15, 0.2) is 47.4 Å². The van der Waals surface area contributed by atoms with Crippen molar-refractivity contribution in [3.8, 4) is 17.2 Å². The molecule has 0 aliphatic rings. The molecule has 0 fully saturated rings. The summed E-state index contributed by atoms with van der Waals surface area (Å²) in [6.07, 6.45) is 7.11. The molecule has 2 rings (SSSR count). The minimum atomic E-state index is -4.56. The zero-order chi connectivity index (χ0) is 18.3. The number of unbranched alkanes of at least 4 members (excludes halogenated alkanes) is 4. The van der Waals surface area contributed by atoms with E-state index in [-0.39, 0.29) is 57.1 Å². The van der Waals surface area contributed by atoms with Crippen molar-refractivity contribution in [1.82, 2.24) is 0 Å². The van der Waals surface area contributed by atoms with Gasteiger partial charge < -0.3 is 9.84 Å². The maximum Gasteiger partial charge on any atom is 1.00 e. The summed E-state index contributed by atoms with van der Waals surface area (Å²) in [6.45, 7) is 2.19. The second kappa shape index (κ2) is 11.4. The van der Waals surface area contributed by atoms with Crippen molar-refractivity contribution in [2.24, 2.45) is 0 Å². The zero-order valence-electron chi connectivity index (χ0n) is 15.3. The summed E-state index contributed by atoms with van der Waals surface area (Å²) in [5, 5.41) is 12.1. The first-order valence-corrected chi connectivity index (χ1v) is 9.90. The third-order valence-electron chi connectivity index (χ3n) is 3.94. The molecule has 0 aliphatic heterocycles. The van der Waals surface area contributed by atoms with Gasteiger partial charge in [-0.1, -0.05) is 50.8 Å². The molecule has 0 atom stereocenters. The molecule has 0 amide bonds. The van der Waals surface area contributed by atoms with E-state index in [2.05, 4.69) is 6.92 Å². The van der Waals surface area contributed by atoms with Gasteiger partial charge >= 0.3 is 51.4 Å². The van der Waals surface area contributed by atoms with E-state index in [1.807, 2.05) is 12.1 Å². The number of ether oxygens (including phenoxy) is 1. The van der Waals surface area contributed by atoms with Gasteiger partial charge in [-0.05, 0) is 48.4 Å². The fourth-order valence-electron chi connectivity index (χ4n) is 2.56. The predicted octanol–water partition coefficient (Wildman–Crippen LogP) is 1.32. The van der Waals surface area contributed by atoms with Crippen LogP contribution in [0.4, 0.5) is 0 Å². The summed E-state index contributed by atoms with van der Waals surface area (Å²) < 4.78 is 36.9. The van der Waals surface area contributed by atoms with Crippen LogP contribution in [-0.2, 0) is 16.5 Å². The molecule has 5 nitrogen and oxygen atoms in total. The summed E-state index contributed by atoms with van der Waals surface area (Å²) in [5.41, 5.74) is 1.19. The first kappa shape index (κ1) is 23.6. The van der Waals surface area contributed by atoms with Crippen LogP contribution in [0, 0.1) is 0 Å². The Balaban J connectivity index is 0.00000338. The number of hydrogen-bond acceptors (Lipinski definition) is 4. The first-order chi connectivity index (χ1) is 11.9. The molecule has 0 aromatic heterocycles. The van der Waals surface area contributed by atoms with Crippen LogP contribution in [0.2, 0.25) is 0 Å². The van der Waals surface area contributed by atoms with Gasteiger partial charge in [0.2, 0.25) is 0 Å². The van der Waals surface area contributed by atoms with E-state index in [0.717, 1.165) is 18.9 Å². The molecule has 136 valence electrons. The van der Waals surface area contributed by atoms with Crippen LogP contribution in [0.3, 0.4) is 0 Å². The molecular formula is C19H23KO5S. The Bertz CT molecular complexity index is 788. The Kier molecular flexibility index (Phi) is 10.4. The molecule has 26 heavy (non-hydrogen) atoms. The molecule has 0 aliphatic carbocycles. The fraction of sp³-hybridized carbons (Fsp3) is 0.368. The number of aryl methyl sites for hydroxylation is 1. The normalized spacial score (nSPS) is 11.0. The molecule has 2 aromatic rings. The van der Waals surface area contributed by atoms with Gasteiger partial charge in [-0.25, -0.2) is 0 Å². The van der Waals surface area contributed by atoms with Gasteiger partial charge in [-0.15, -0.1) is 0 Å². The van der Waals surface area contributed by atoms with E-state index in [1.165, 1.54) is 43.4 Å². The number of hydrogen-bond donors (Lipinski definition) is 1. The Morgan fingerprint density at radius 3 is 2.27 bits per heavy atom. The standard InChI is InChI=1S/C19H24O5S.K/c1-2-3-4-5-6-8-15-11-13-16(14-12-15)24-17-9-7-10-18(19(17)20)25(21,22)23;/h7,9-14,20H,2-6,8H2,1H3,(H,21,22,23);/q;+1/p-1. The van der Waals surface area contributed by atoms with E-state index in [4.69, 9.17) is 9.29 Å². The first-order valence-electron chi connectivity index (χ1n) is 8.46. The van der Waals surface area contributed by atoms with Crippen molar-refractivity contribution in [3.05, 3.63) is 48.0 Å². The maximum absolute atomic E-state index is 12.1. The van der Waals surface area contributed by atoms with Crippen molar-refractivity contribution in [2.45, 2.75) is 50.3 Å². The van der Waals surface area contributed by atoms with Crippen LogP contribution >= 0.6 is 0 Å². The third-order valence-corrected chi connectivity index (χ3v) is 4.82. The Labute approximate surface area is 198 Å². The Morgan fingerprint density at radius 1 is 1.00 bits per heavy atom. The van der Waals surface area contributed by atoms with E-state index < -0.39 is 20.8 Å². The van der Waals surface area contributed by atoms with Crippen molar-refractivity contribution >= 4 is 10.1 Å². The minimum Gasteiger partial charge on any atom is -0.869 e. The van der Waals surface area contributed by atoms with E-state index in [0.29, 0.717) is 5.75 Å². The van der Waals surface area contributed by atoms with Gasteiger partial charge in [0.05, 0.1) is 4.90 Å². The third kappa shape index (κ3) is 7.30. The Hall–Kier alpha value is -0.414. The fourth-order valence-corrected chi connectivity index (χ4v) is 3.15. The van der Waals surface area contributed by atoms with Crippen molar-refractivity contribution < 1.29 is 74.2 Å². The average molecular weight is 403 g/mol. The molecule has 2 aromatic carbocycles. The predicted molar refractivity (Wildman–Crippen MR) is 94.7 cm³/mol. The van der Waals surface area contributed by atoms with Crippen LogP contribution in [-0.4, -0.2) is 13.0 Å². The topological polar surface area (TPSA) is 86.7 Å². The Morgan fingerprint density at radius 2 is 1.65 bits per heavy atom. The largest absolute Gasteiger partial charge is 1.00 e. The summed E-state index contributed by atoms with van der Waals surface area (Å²) in [7, 11) is -4.56.